The number of amides is 1. The Morgan fingerprint density at radius 2 is 2.12 bits per heavy atom. The van der Waals surface area contributed by atoms with Crippen LogP contribution in [0.5, 0.6) is 5.75 Å². The minimum Gasteiger partial charge on any atom is -0.492 e. The first-order valence-corrected chi connectivity index (χ1v) is 6.66. The van der Waals surface area contributed by atoms with E-state index < -0.39 is 0 Å². The van der Waals surface area contributed by atoms with E-state index in [1.807, 2.05) is 36.6 Å². The number of carbonyl (C=O) groups is 1. The van der Waals surface area contributed by atoms with Gasteiger partial charge in [0.05, 0.1) is 6.54 Å². The predicted molar refractivity (Wildman–Crippen MR) is 67.9 cm³/mol. The Hall–Kier alpha value is -1.16. The van der Waals surface area contributed by atoms with Crippen molar-refractivity contribution >= 4 is 17.7 Å². The van der Waals surface area contributed by atoms with Gasteiger partial charge in [0.15, 0.2) is 0 Å². The van der Waals surface area contributed by atoms with Crippen LogP contribution in [0.4, 0.5) is 0 Å². The fourth-order valence-electron chi connectivity index (χ4n) is 1.16. The highest BCUT2D eigenvalue weighted by atomic mass is 32.2. The van der Waals surface area contributed by atoms with Crippen LogP contribution in [0.3, 0.4) is 0 Å². The van der Waals surface area contributed by atoms with Crippen molar-refractivity contribution in [3.05, 3.63) is 30.3 Å². The van der Waals surface area contributed by atoms with E-state index >= 15 is 0 Å². The highest BCUT2D eigenvalue weighted by Gasteiger charge is 1.99. The SMILES string of the molecule is CSCCC(=O)NCCOc1ccccc1. The summed E-state index contributed by atoms with van der Waals surface area (Å²) in [6, 6.07) is 9.58. The number of hydrogen-bond donors (Lipinski definition) is 1. The molecule has 1 aromatic carbocycles. The molecule has 1 N–H and O–H groups in total. The van der Waals surface area contributed by atoms with Crippen LogP contribution < -0.4 is 10.1 Å². The van der Waals surface area contributed by atoms with E-state index in [0.29, 0.717) is 19.6 Å². The Labute approximate surface area is 101 Å². The van der Waals surface area contributed by atoms with Gasteiger partial charge in [-0.05, 0) is 18.4 Å². The Bertz CT molecular complexity index is 303. The molecule has 0 radical (unpaired) electrons. The topological polar surface area (TPSA) is 38.3 Å². The molecular formula is C12H17NO2S. The fourth-order valence-corrected chi connectivity index (χ4v) is 1.55. The smallest absolute Gasteiger partial charge is 0.220 e. The minimum absolute atomic E-state index is 0.0889. The van der Waals surface area contributed by atoms with Crippen LogP contribution in [0.2, 0.25) is 0 Å². The molecule has 88 valence electrons. The first-order chi connectivity index (χ1) is 7.83. The van der Waals surface area contributed by atoms with Crippen molar-refractivity contribution in [1.29, 1.82) is 0 Å². The summed E-state index contributed by atoms with van der Waals surface area (Å²) in [5, 5.41) is 2.81. The molecule has 1 aromatic rings. The lowest BCUT2D eigenvalue weighted by atomic mass is 10.3. The van der Waals surface area contributed by atoms with Crippen molar-refractivity contribution < 1.29 is 9.53 Å². The van der Waals surface area contributed by atoms with Gasteiger partial charge in [-0.25, -0.2) is 0 Å². The van der Waals surface area contributed by atoms with Crippen molar-refractivity contribution in [1.82, 2.24) is 5.32 Å². The highest BCUT2D eigenvalue weighted by Crippen LogP contribution is 2.07. The number of ether oxygens (including phenoxy) is 1. The summed E-state index contributed by atoms with van der Waals surface area (Å²) in [5.74, 6) is 1.79. The molecule has 3 nitrogen and oxygen atoms in total. The largest absolute Gasteiger partial charge is 0.492 e. The molecule has 0 saturated heterocycles. The third-order valence-corrected chi connectivity index (χ3v) is 2.58. The molecule has 0 spiro atoms. The molecule has 0 aromatic heterocycles. The van der Waals surface area contributed by atoms with Gasteiger partial charge < -0.3 is 10.1 Å². The average Bonchev–Trinajstić information content (AvgIpc) is 2.33. The quantitative estimate of drug-likeness (QED) is 0.739. The zero-order chi connectivity index (χ0) is 11.6. The van der Waals surface area contributed by atoms with Crippen LogP contribution in [0.15, 0.2) is 30.3 Å². The lowest BCUT2D eigenvalue weighted by Gasteiger charge is -2.07. The summed E-state index contributed by atoms with van der Waals surface area (Å²) in [7, 11) is 0. The third kappa shape index (κ3) is 5.66. The van der Waals surface area contributed by atoms with Gasteiger partial charge in [-0.3, -0.25) is 4.79 Å². The van der Waals surface area contributed by atoms with Crippen molar-refractivity contribution in [2.45, 2.75) is 6.42 Å². The number of benzene rings is 1. The van der Waals surface area contributed by atoms with E-state index in [-0.39, 0.29) is 5.91 Å². The molecule has 0 aliphatic heterocycles. The summed E-state index contributed by atoms with van der Waals surface area (Å²) < 4.78 is 5.44. The van der Waals surface area contributed by atoms with E-state index in [1.165, 1.54) is 0 Å². The van der Waals surface area contributed by atoms with E-state index in [9.17, 15) is 4.79 Å². The van der Waals surface area contributed by atoms with Gasteiger partial charge >= 0.3 is 0 Å². The number of hydrogen-bond acceptors (Lipinski definition) is 3. The van der Waals surface area contributed by atoms with Gasteiger partial charge in [-0.15, -0.1) is 0 Å². The molecule has 0 unspecified atom stereocenters. The lowest BCUT2D eigenvalue weighted by molar-refractivity contribution is -0.120. The molecule has 0 fully saturated rings. The maximum atomic E-state index is 11.2. The van der Waals surface area contributed by atoms with Crippen LogP contribution >= 0.6 is 11.8 Å². The fraction of sp³-hybridized carbons (Fsp3) is 0.417. The monoisotopic (exact) mass is 239 g/mol. The van der Waals surface area contributed by atoms with Gasteiger partial charge in [-0.2, -0.15) is 11.8 Å². The van der Waals surface area contributed by atoms with Crippen LogP contribution in [-0.4, -0.2) is 31.1 Å². The normalized spacial score (nSPS) is 9.81. The number of rotatable bonds is 7. The molecule has 16 heavy (non-hydrogen) atoms. The van der Waals surface area contributed by atoms with E-state index in [4.69, 9.17) is 4.74 Å². The van der Waals surface area contributed by atoms with Gasteiger partial charge in [0, 0.05) is 12.2 Å². The number of para-hydroxylation sites is 1. The van der Waals surface area contributed by atoms with Crippen LogP contribution in [-0.2, 0) is 4.79 Å². The first-order valence-electron chi connectivity index (χ1n) is 5.26. The van der Waals surface area contributed by atoms with Crippen molar-refractivity contribution in [3.63, 3.8) is 0 Å². The lowest BCUT2D eigenvalue weighted by Crippen LogP contribution is -2.28. The summed E-state index contributed by atoms with van der Waals surface area (Å²) >= 11 is 1.67. The first kappa shape index (κ1) is 12.9. The molecule has 1 amide bonds. The maximum Gasteiger partial charge on any atom is 0.220 e. The number of carbonyl (C=O) groups excluding carboxylic acids is 1. The van der Waals surface area contributed by atoms with Gasteiger partial charge in [0.25, 0.3) is 0 Å². The second kappa shape index (κ2) is 8.05. The second-order valence-electron chi connectivity index (χ2n) is 3.25. The predicted octanol–water partition coefficient (Wildman–Crippen LogP) is 1.93. The van der Waals surface area contributed by atoms with Crippen LogP contribution in [0.25, 0.3) is 0 Å². The molecule has 1 rings (SSSR count). The van der Waals surface area contributed by atoms with E-state index in [1.54, 1.807) is 11.8 Å². The highest BCUT2D eigenvalue weighted by molar-refractivity contribution is 7.98. The summed E-state index contributed by atoms with van der Waals surface area (Å²) in [5.41, 5.74) is 0. The Kier molecular flexibility index (Phi) is 6.49. The Morgan fingerprint density at radius 3 is 2.81 bits per heavy atom. The Balaban J connectivity index is 2.06. The van der Waals surface area contributed by atoms with Crippen LogP contribution in [0.1, 0.15) is 6.42 Å². The molecular weight excluding hydrogens is 222 g/mol. The van der Waals surface area contributed by atoms with Crippen molar-refractivity contribution in [3.8, 4) is 5.75 Å². The third-order valence-electron chi connectivity index (χ3n) is 1.97. The van der Waals surface area contributed by atoms with Crippen molar-refractivity contribution in [2.24, 2.45) is 0 Å². The summed E-state index contributed by atoms with van der Waals surface area (Å²) in [6.07, 6.45) is 2.57. The van der Waals surface area contributed by atoms with E-state index in [2.05, 4.69) is 5.32 Å². The molecule has 0 bridgehead atoms. The zero-order valence-electron chi connectivity index (χ0n) is 9.44. The standard InChI is InChI=1S/C12H17NO2S/c1-16-10-7-12(14)13-8-9-15-11-5-3-2-4-6-11/h2-6H,7-10H2,1H3,(H,13,14). The van der Waals surface area contributed by atoms with Crippen LogP contribution in [0, 0.1) is 0 Å². The second-order valence-corrected chi connectivity index (χ2v) is 4.24. The Morgan fingerprint density at radius 1 is 1.38 bits per heavy atom. The zero-order valence-corrected chi connectivity index (χ0v) is 10.3. The van der Waals surface area contributed by atoms with E-state index in [0.717, 1.165) is 11.5 Å². The van der Waals surface area contributed by atoms with Crippen molar-refractivity contribution in [2.75, 3.05) is 25.2 Å². The summed E-state index contributed by atoms with van der Waals surface area (Å²) in [6.45, 7) is 1.07. The molecule has 0 aliphatic rings. The summed E-state index contributed by atoms with van der Waals surface area (Å²) in [4.78, 5) is 11.2. The number of thioether (sulfide) groups is 1. The molecule has 0 saturated carbocycles. The molecule has 0 heterocycles. The molecule has 0 aliphatic carbocycles. The minimum atomic E-state index is 0.0889. The van der Waals surface area contributed by atoms with Gasteiger partial charge in [0.1, 0.15) is 12.4 Å². The molecule has 0 atom stereocenters. The maximum absolute atomic E-state index is 11.2. The number of nitrogens with one attached hydrogen (secondary N) is 1. The average molecular weight is 239 g/mol. The molecule has 4 heteroatoms. The van der Waals surface area contributed by atoms with Gasteiger partial charge in [-0.1, -0.05) is 18.2 Å². The van der Waals surface area contributed by atoms with Gasteiger partial charge in [0.2, 0.25) is 5.91 Å².